The summed E-state index contributed by atoms with van der Waals surface area (Å²) in [4.78, 5) is 27.8. The molecule has 1 saturated heterocycles. The van der Waals surface area contributed by atoms with E-state index in [-0.39, 0.29) is 22.6 Å². The molecule has 0 bridgehead atoms. The SMILES string of the molecule is C[C@@H]1CN(C(=O)OC(C)(C)C)CCN1C(=O)c1cc(F)c(F)c(Br)c1. The first-order valence-corrected chi connectivity index (χ1v) is 8.72. The van der Waals surface area contributed by atoms with E-state index in [4.69, 9.17) is 4.74 Å². The van der Waals surface area contributed by atoms with Crippen LogP contribution < -0.4 is 0 Å². The number of ether oxygens (including phenoxy) is 1. The number of carbonyl (C=O) groups excluding carboxylic acids is 2. The van der Waals surface area contributed by atoms with Gasteiger partial charge in [0.15, 0.2) is 11.6 Å². The number of amides is 2. The highest BCUT2D eigenvalue weighted by Gasteiger charge is 2.32. The first kappa shape index (κ1) is 19.6. The molecule has 1 aromatic carbocycles. The molecule has 25 heavy (non-hydrogen) atoms. The normalized spacial score (nSPS) is 18.3. The van der Waals surface area contributed by atoms with Crippen LogP contribution in [0.5, 0.6) is 0 Å². The van der Waals surface area contributed by atoms with Crippen LogP contribution in [0.15, 0.2) is 16.6 Å². The van der Waals surface area contributed by atoms with Gasteiger partial charge in [0.1, 0.15) is 5.60 Å². The molecule has 1 heterocycles. The van der Waals surface area contributed by atoms with Crippen molar-refractivity contribution in [3.8, 4) is 0 Å². The Kier molecular flexibility index (Phi) is 5.71. The molecule has 2 amide bonds. The number of nitrogens with zero attached hydrogens (tertiary/aromatic N) is 2. The summed E-state index contributed by atoms with van der Waals surface area (Å²) in [7, 11) is 0. The van der Waals surface area contributed by atoms with Crippen LogP contribution in [0, 0.1) is 11.6 Å². The van der Waals surface area contributed by atoms with Crippen molar-refractivity contribution in [3.05, 3.63) is 33.8 Å². The van der Waals surface area contributed by atoms with Crippen LogP contribution in [-0.2, 0) is 4.74 Å². The summed E-state index contributed by atoms with van der Waals surface area (Å²) in [6, 6.07) is 1.86. The average molecular weight is 419 g/mol. The van der Waals surface area contributed by atoms with Gasteiger partial charge in [-0.05, 0) is 55.8 Å². The molecule has 8 heteroatoms. The zero-order chi connectivity index (χ0) is 18.9. The van der Waals surface area contributed by atoms with Gasteiger partial charge in [-0.15, -0.1) is 0 Å². The highest BCUT2D eigenvalue weighted by molar-refractivity contribution is 9.10. The Morgan fingerprint density at radius 3 is 2.40 bits per heavy atom. The van der Waals surface area contributed by atoms with Gasteiger partial charge in [-0.25, -0.2) is 13.6 Å². The molecule has 0 aliphatic carbocycles. The van der Waals surface area contributed by atoms with Gasteiger partial charge >= 0.3 is 6.09 Å². The second-order valence-electron chi connectivity index (χ2n) is 7.03. The average Bonchev–Trinajstić information content (AvgIpc) is 2.49. The molecule has 1 aliphatic heterocycles. The van der Waals surface area contributed by atoms with Gasteiger partial charge in [0, 0.05) is 31.2 Å². The lowest BCUT2D eigenvalue weighted by Crippen LogP contribution is -2.56. The molecule has 138 valence electrons. The topological polar surface area (TPSA) is 49.9 Å². The maximum absolute atomic E-state index is 13.5. The van der Waals surface area contributed by atoms with Gasteiger partial charge in [0.2, 0.25) is 0 Å². The predicted molar refractivity (Wildman–Crippen MR) is 92.4 cm³/mol. The third-order valence-electron chi connectivity index (χ3n) is 3.77. The summed E-state index contributed by atoms with van der Waals surface area (Å²) in [5, 5.41) is 0. The zero-order valence-corrected chi connectivity index (χ0v) is 16.2. The van der Waals surface area contributed by atoms with Crippen LogP contribution in [0.4, 0.5) is 13.6 Å². The van der Waals surface area contributed by atoms with Crippen molar-refractivity contribution in [2.75, 3.05) is 19.6 Å². The van der Waals surface area contributed by atoms with Gasteiger partial charge < -0.3 is 14.5 Å². The fourth-order valence-electron chi connectivity index (χ4n) is 2.60. The number of hydrogen-bond acceptors (Lipinski definition) is 3. The Labute approximate surface area is 154 Å². The maximum Gasteiger partial charge on any atom is 0.410 e. The molecule has 0 N–H and O–H groups in total. The van der Waals surface area contributed by atoms with Gasteiger partial charge in [0.05, 0.1) is 4.47 Å². The lowest BCUT2D eigenvalue weighted by molar-refractivity contribution is 0.00616. The number of carbonyl (C=O) groups is 2. The van der Waals surface area contributed by atoms with Crippen LogP contribution >= 0.6 is 15.9 Å². The third-order valence-corrected chi connectivity index (χ3v) is 4.35. The second-order valence-corrected chi connectivity index (χ2v) is 7.88. The van der Waals surface area contributed by atoms with Crippen molar-refractivity contribution < 1.29 is 23.1 Å². The minimum absolute atomic E-state index is 0.0587. The monoisotopic (exact) mass is 418 g/mol. The van der Waals surface area contributed by atoms with Crippen LogP contribution in [-0.4, -0.2) is 53.1 Å². The van der Waals surface area contributed by atoms with Gasteiger partial charge in [-0.3, -0.25) is 4.79 Å². The summed E-state index contributed by atoms with van der Waals surface area (Å²) in [6.45, 7) is 8.07. The summed E-state index contributed by atoms with van der Waals surface area (Å²) in [5.41, 5.74) is -0.533. The molecular weight excluding hydrogens is 398 g/mol. The number of hydrogen-bond donors (Lipinski definition) is 0. The lowest BCUT2D eigenvalue weighted by Gasteiger charge is -2.40. The second kappa shape index (κ2) is 7.27. The fraction of sp³-hybridized carbons (Fsp3) is 0.529. The van der Waals surface area contributed by atoms with Crippen molar-refractivity contribution in [2.45, 2.75) is 39.3 Å². The smallest absolute Gasteiger partial charge is 0.410 e. The van der Waals surface area contributed by atoms with Gasteiger partial charge in [-0.1, -0.05) is 0 Å². The van der Waals surface area contributed by atoms with Crippen LogP contribution in [0.25, 0.3) is 0 Å². The maximum atomic E-state index is 13.5. The number of rotatable bonds is 1. The number of benzene rings is 1. The van der Waals surface area contributed by atoms with Crippen LogP contribution in [0.3, 0.4) is 0 Å². The van der Waals surface area contributed by atoms with Crippen LogP contribution in [0.1, 0.15) is 38.1 Å². The predicted octanol–water partition coefficient (Wildman–Crippen LogP) is 3.81. The molecule has 1 atom stereocenters. The van der Waals surface area contributed by atoms with Crippen molar-refractivity contribution in [2.24, 2.45) is 0 Å². The van der Waals surface area contributed by atoms with E-state index in [1.54, 1.807) is 37.5 Å². The Morgan fingerprint density at radius 2 is 1.88 bits per heavy atom. The molecule has 0 unspecified atom stereocenters. The molecule has 1 aromatic rings. The molecule has 0 radical (unpaired) electrons. The molecule has 0 aromatic heterocycles. The summed E-state index contributed by atoms with van der Waals surface area (Å²) >= 11 is 2.91. The van der Waals surface area contributed by atoms with E-state index in [1.807, 2.05) is 0 Å². The van der Waals surface area contributed by atoms with E-state index in [0.717, 1.165) is 6.07 Å². The highest BCUT2D eigenvalue weighted by Crippen LogP contribution is 2.23. The molecule has 0 spiro atoms. The van der Waals surface area contributed by atoms with Gasteiger partial charge in [-0.2, -0.15) is 0 Å². The minimum atomic E-state index is -1.09. The van der Waals surface area contributed by atoms with Gasteiger partial charge in [0.25, 0.3) is 5.91 Å². The lowest BCUT2D eigenvalue weighted by atomic mass is 10.1. The first-order chi connectivity index (χ1) is 11.5. The van der Waals surface area contributed by atoms with E-state index >= 15 is 0 Å². The Balaban J connectivity index is 2.08. The molecule has 2 rings (SSSR count). The Hall–Kier alpha value is -1.70. The summed E-state index contributed by atoms with van der Waals surface area (Å²) in [5.74, 6) is -2.52. The molecule has 1 aliphatic rings. The molecule has 5 nitrogen and oxygen atoms in total. The largest absolute Gasteiger partial charge is 0.444 e. The van der Waals surface area contributed by atoms with Crippen molar-refractivity contribution in [3.63, 3.8) is 0 Å². The Bertz CT molecular complexity index is 668. The van der Waals surface area contributed by atoms with E-state index in [0.29, 0.717) is 13.1 Å². The standard InChI is InChI=1S/C17H21BrF2N2O3/c1-10-9-21(16(24)25-17(2,3)4)5-6-22(10)15(23)11-7-12(18)14(20)13(19)8-11/h7-8,10H,5-6,9H2,1-4H3/t10-/m1/s1. The third kappa shape index (κ3) is 4.68. The minimum Gasteiger partial charge on any atom is -0.444 e. The van der Waals surface area contributed by atoms with Crippen molar-refractivity contribution in [1.82, 2.24) is 9.80 Å². The van der Waals surface area contributed by atoms with E-state index in [9.17, 15) is 18.4 Å². The van der Waals surface area contributed by atoms with E-state index in [2.05, 4.69) is 15.9 Å². The zero-order valence-electron chi connectivity index (χ0n) is 14.6. The fourth-order valence-corrected chi connectivity index (χ4v) is 3.03. The molecule has 0 saturated carbocycles. The van der Waals surface area contributed by atoms with Crippen LogP contribution in [0.2, 0.25) is 0 Å². The van der Waals surface area contributed by atoms with Crippen molar-refractivity contribution in [1.29, 1.82) is 0 Å². The summed E-state index contributed by atoms with van der Waals surface area (Å²) in [6.07, 6.45) is -0.429. The number of piperazine rings is 1. The summed E-state index contributed by atoms with van der Waals surface area (Å²) < 4.78 is 32.1. The Morgan fingerprint density at radius 1 is 1.24 bits per heavy atom. The first-order valence-electron chi connectivity index (χ1n) is 7.93. The molecule has 1 fully saturated rings. The van der Waals surface area contributed by atoms with E-state index < -0.39 is 29.2 Å². The highest BCUT2D eigenvalue weighted by atomic mass is 79.9. The van der Waals surface area contributed by atoms with Crippen molar-refractivity contribution >= 4 is 27.9 Å². The molecular formula is C17H21BrF2N2O3. The number of halogens is 3. The quantitative estimate of drug-likeness (QED) is 0.651. The van der Waals surface area contributed by atoms with E-state index in [1.165, 1.54) is 6.07 Å².